The average molecular weight is 446 g/mol. The number of carbonyl (C=O) groups is 1. The molecule has 3 aromatic heterocycles. The Bertz CT molecular complexity index is 1340. The molecule has 0 spiro atoms. The van der Waals surface area contributed by atoms with Gasteiger partial charge in [0.2, 0.25) is 5.91 Å². The van der Waals surface area contributed by atoms with Gasteiger partial charge < -0.3 is 15.2 Å². The molecule has 0 saturated carbocycles. The van der Waals surface area contributed by atoms with Gasteiger partial charge in [-0.25, -0.2) is 9.37 Å². The van der Waals surface area contributed by atoms with Crippen molar-refractivity contribution in [2.45, 2.75) is 32.0 Å². The van der Waals surface area contributed by atoms with Crippen LogP contribution in [0.1, 0.15) is 29.4 Å². The summed E-state index contributed by atoms with van der Waals surface area (Å²) in [7, 11) is 1.84. The molecule has 0 saturated heterocycles. The van der Waals surface area contributed by atoms with Crippen LogP contribution in [-0.4, -0.2) is 32.5 Å². The first-order chi connectivity index (χ1) is 16.0. The molecule has 1 aliphatic rings. The summed E-state index contributed by atoms with van der Waals surface area (Å²) in [6, 6.07) is 10.1. The van der Waals surface area contributed by atoms with E-state index in [0.29, 0.717) is 24.3 Å². The Labute approximate surface area is 189 Å². The predicted octanol–water partition coefficient (Wildman–Crippen LogP) is 2.70. The van der Waals surface area contributed by atoms with E-state index in [9.17, 15) is 14.0 Å². The van der Waals surface area contributed by atoms with E-state index in [2.05, 4.69) is 20.3 Å². The van der Waals surface area contributed by atoms with Crippen molar-refractivity contribution in [3.8, 4) is 0 Å². The Kier molecular flexibility index (Phi) is 5.37. The van der Waals surface area contributed by atoms with Crippen molar-refractivity contribution in [3.63, 3.8) is 0 Å². The summed E-state index contributed by atoms with van der Waals surface area (Å²) in [6.07, 6.45) is 6.30. The maximum absolute atomic E-state index is 13.3. The Hall–Kier alpha value is -4.01. The first-order valence-electron chi connectivity index (χ1n) is 10.7. The van der Waals surface area contributed by atoms with Crippen molar-refractivity contribution in [2.75, 3.05) is 11.9 Å². The summed E-state index contributed by atoms with van der Waals surface area (Å²) >= 11 is 0. The van der Waals surface area contributed by atoms with Crippen LogP contribution in [0.15, 0.2) is 59.9 Å². The molecular formula is C24H23FN6O2. The van der Waals surface area contributed by atoms with Gasteiger partial charge in [-0.05, 0) is 42.7 Å². The number of anilines is 1. The fourth-order valence-corrected chi connectivity index (χ4v) is 4.39. The minimum atomic E-state index is -0.295. The van der Waals surface area contributed by atoms with Gasteiger partial charge in [-0.1, -0.05) is 12.1 Å². The van der Waals surface area contributed by atoms with E-state index in [1.807, 2.05) is 24.1 Å². The van der Waals surface area contributed by atoms with Crippen LogP contribution in [0.2, 0.25) is 0 Å². The molecule has 5 rings (SSSR count). The second kappa shape index (κ2) is 8.50. The number of benzene rings is 1. The number of amides is 1. The third-order valence-corrected chi connectivity index (χ3v) is 6.09. The van der Waals surface area contributed by atoms with E-state index in [4.69, 9.17) is 0 Å². The Morgan fingerprint density at radius 3 is 2.88 bits per heavy atom. The van der Waals surface area contributed by atoms with Crippen molar-refractivity contribution < 1.29 is 9.18 Å². The third-order valence-electron chi connectivity index (χ3n) is 6.09. The lowest BCUT2D eigenvalue weighted by Gasteiger charge is -2.35. The van der Waals surface area contributed by atoms with Gasteiger partial charge in [-0.3, -0.25) is 19.1 Å². The molecule has 4 heterocycles. The fraction of sp³-hybridized carbons (Fsp3) is 0.250. The quantitative estimate of drug-likeness (QED) is 0.492. The highest BCUT2D eigenvalue weighted by Gasteiger charge is 2.29. The van der Waals surface area contributed by atoms with E-state index >= 15 is 0 Å². The minimum absolute atomic E-state index is 0.0613. The van der Waals surface area contributed by atoms with Crippen molar-refractivity contribution in [2.24, 2.45) is 0 Å². The number of nitrogens with one attached hydrogen (secondary N) is 2. The van der Waals surface area contributed by atoms with Crippen LogP contribution in [0, 0.1) is 5.82 Å². The first kappa shape index (κ1) is 20.9. The lowest BCUT2D eigenvalue weighted by atomic mass is 9.95. The topological polar surface area (TPSA) is 95.9 Å². The van der Waals surface area contributed by atoms with Crippen LogP contribution in [0.4, 0.5) is 10.1 Å². The lowest BCUT2D eigenvalue weighted by molar-refractivity contribution is -0.121. The molecular weight excluding hydrogens is 423 g/mol. The molecule has 1 aliphatic heterocycles. The molecule has 168 valence electrons. The van der Waals surface area contributed by atoms with Gasteiger partial charge in [0.25, 0.3) is 5.56 Å². The zero-order chi connectivity index (χ0) is 22.9. The molecule has 4 aromatic rings. The highest BCUT2D eigenvalue weighted by atomic mass is 19.1. The highest BCUT2D eigenvalue weighted by Crippen LogP contribution is 2.34. The minimum Gasteiger partial charge on any atom is -0.362 e. The molecule has 0 radical (unpaired) electrons. The highest BCUT2D eigenvalue weighted by molar-refractivity contribution is 5.80. The maximum Gasteiger partial charge on any atom is 0.277 e. The maximum atomic E-state index is 13.3. The number of nitrogens with zero attached hydrogens (tertiary/aromatic N) is 4. The normalized spacial score (nSPS) is 15.5. The Morgan fingerprint density at radius 2 is 2.09 bits per heavy atom. The summed E-state index contributed by atoms with van der Waals surface area (Å²) < 4.78 is 14.7. The molecule has 2 N–H and O–H groups in total. The SMILES string of the molecule is CN1c2c(ncn(CC(=O)NCc3cc4cnccc4[nH]3)c2=O)CCC1c1ccc(F)cc1. The predicted molar refractivity (Wildman–Crippen MR) is 122 cm³/mol. The number of rotatable bonds is 5. The zero-order valence-electron chi connectivity index (χ0n) is 18.1. The number of halogens is 1. The van der Waals surface area contributed by atoms with Gasteiger partial charge in [0.05, 0.1) is 24.6 Å². The summed E-state index contributed by atoms with van der Waals surface area (Å²) in [5.41, 5.74) is 3.66. The van der Waals surface area contributed by atoms with Gasteiger partial charge in [0.1, 0.15) is 18.0 Å². The molecule has 9 heteroatoms. The van der Waals surface area contributed by atoms with Crippen LogP contribution < -0.4 is 15.8 Å². The number of hydrogen-bond acceptors (Lipinski definition) is 5. The molecule has 0 bridgehead atoms. The summed E-state index contributed by atoms with van der Waals surface area (Å²) in [6.45, 7) is 0.184. The van der Waals surface area contributed by atoms with E-state index in [0.717, 1.165) is 28.6 Å². The van der Waals surface area contributed by atoms with Gasteiger partial charge in [0, 0.05) is 36.0 Å². The van der Waals surface area contributed by atoms with E-state index in [-0.39, 0.29) is 29.9 Å². The molecule has 1 aromatic carbocycles. The molecule has 0 fully saturated rings. The van der Waals surface area contributed by atoms with Crippen LogP contribution >= 0.6 is 0 Å². The molecule has 0 aliphatic carbocycles. The smallest absolute Gasteiger partial charge is 0.277 e. The molecule has 1 amide bonds. The standard InChI is InChI=1S/C24H23FN6O2/c1-30-21(15-2-4-17(25)5-3-15)7-6-20-23(30)24(33)31(14-28-20)13-22(32)27-12-18-10-16-11-26-9-8-19(16)29-18/h2-5,8-11,14,21,29H,6-7,12-13H2,1H3,(H,27,32). The van der Waals surface area contributed by atoms with Gasteiger partial charge in [-0.2, -0.15) is 0 Å². The summed E-state index contributed by atoms with van der Waals surface area (Å²) in [5, 5.41) is 3.81. The largest absolute Gasteiger partial charge is 0.362 e. The molecule has 1 unspecified atom stereocenters. The Balaban J connectivity index is 1.31. The number of fused-ring (bicyclic) bond motifs is 2. The average Bonchev–Trinajstić information content (AvgIpc) is 3.23. The van der Waals surface area contributed by atoms with Gasteiger partial charge >= 0.3 is 0 Å². The number of carbonyl (C=O) groups excluding carboxylic acids is 1. The number of aryl methyl sites for hydroxylation is 1. The number of pyridine rings is 1. The second-order valence-corrected chi connectivity index (χ2v) is 8.22. The van der Waals surface area contributed by atoms with E-state index in [1.54, 1.807) is 24.5 Å². The molecule has 8 nitrogen and oxygen atoms in total. The zero-order valence-corrected chi connectivity index (χ0v) is 18.1. The van der Waals surface area contributed by atoms with Crippen LogP contribution in [0.3, 0.4) is 0 Å². The van der Waals surface area contributed by atoms with Gasteiger partial charge in [-0.15, -0.1) is 0 Å². The van der Waals surface area contributed by atoms with Crippen molar-refractivity contribution in [3.05, 3.63) is 88.2 Å². The molecule has 33 heavy (non-hydrogen) atoms. The monoisotopic (exact) mass is 446 g/mol. The number of aromatic nitrogens is 4. The number of hydrogen-bond donors (Lipinski definition) is 2. The number of aromatic amines is 1. The van der Waals surface area contributed by atoms with Crippen LogP contribution in [0.5, 0.6) is 0 Å². The van der Waals surface area contributed by atoms with Crippen molar-refractivity contribution >= 4 is 22.5 Å². The van der Waals surface area contributed by atoms with Crippen LogP contribution in [-0.2, 0) is 24.3 Å². The van der Waals surface area contributed by atoms with Crippen LogP contribution in [0.25, 0.3) is 10.9 Å². The Morgan fingerprint density at radius 1 is 1.27 bits per heavy atom. The third kappa shape index (κ3) is 4.09. The van der Waals surface area contributed by atoms with Crippen molar-refractivity contribution in [1.82, 2.24) is 24.8 Å². The fourth-order valence-electron chi connectivity index (χ4n) is 4.39. The first-order valence-corrected chi connectivity index (χ1v) is 10.7. The number of H-pyrrole nitrogens is 1. The molecule has 1 atom stereocenters. The van der Waals surface area contributed by atoms with Gasteiger partial charge in [0.15, 0.2) is 0 Å². The summed E-state index contributed by atoms with van der Waals surface area (Å²) in [4.78, 5) is 39.4. The second-order valence-electron chi connectivity index (χ2n) is 8.22. The summed E-state index contributed by atoms with van der Waals surface area (Å²) in [5.74, 6) is -0.582. The van der Waals surface area contributed by atoms with Crippen molar-refractivity contribution in [1.29, 1.82) is 0 Å². The van der Waals surface area contributed by atoms with E-state index < -0.39 is 0 Å². The lowest BCUT2D eigenvalue weighted by Crippen LogP contribution is -2.39. The van der Waals surface area contributed by atoms with E-state index in [1.165, 1.54) is 23.0 Å².